The second-order valence-corrected chi connectivity index (χ2v) is 4.39. The number of halogens is 6. The van der Waals surface area contributed by atoms with Gasteiger partial charge in [0, 0.05) is 12.4 Å². The first-order valence-electron chi connectivity index (χ1n) is 6.47. The lowest BCUT2D eigenvalue weighted by Gasteiger charge is -2.13. The van der Waals surface area contributed by atoms with E-state index in [4.69, 9.17) is 4.74 Å². The second kappa shape index (κ2) is 6.89. The Morgan fingerprint density at radius 1 is 0.958 bits per heavy atom. The zero-order valence-corrected chi connectivity index (χ0v) is 11.8. The lowest BCUT2D eigenvalue weighted by molar-refractivity contribution is -0.141. The third-order valence-corrected chi connectivity index (χ3v) is 2.65. The highest BCUT2D eigenvalue weighted by molar-refractivity contribution is 5.29. The number of rotatable bonds is 5. The van der Waals surface area contributed by atoms with Crippen molar-refractivity contribution in [3.8, 4) is 5.88 Å². The number of aromatic nitrogens is 3. The predicted octanol–water partition coefficient (Wildman–Crippen LogP) is 3.40. The van der Waals surface area contributed by atoms with Crippen LogP contribution in [0, 0.1) is 0 Å². The SMILES string of the molecule is FC(F)(F)c1ccnc(NCCOc2ncccc2C(F)(F)F)n1. The van der Waals surface area contributed by atoms with Gasteiger partial charge in [0.05, 0.1) is 6.54 Å². The fraction of sp³-hybridized carbons (Fsp3) is 0.308. The molecule has 0 aliphatic carbocycles. The van der Waals surface area contributed by atoms with Crippen LogP contribution in [0.25, 0.3) is 0 Å². The molecular formula is C13H10F6N4O. The lowest BCUT2D eigenvalue weighted by Crippen LogP contribution is -2.17. The van der Waals surface area contributed by atoms with Crippen LogP contribution in [0.3, 0.4) is 0 Å². The average molecular weight is 352 g/mol. The van der Waals surface area contributed by atoms with Crippen LogP contribution in [-0.4, -0.2) is 28.1 Å². The Morgan fingerprint density at radius 2 is 1.71 bits per heavy atom. The Hall–Kier alpha value is -2.59. The first kappa shape index (κ1) is 17.8. The molecule has 0 saturated carbocycles. The highest BCUT2D eigenvalue weighted by Crippen LogP contribution is 2.34. The van der Waals surface area contributed by atoms with Crippen molar-refractivity contribution in [3.05, 3.63) is 41.9 Å². The van der Waals surface area contributed by atoms with Crippen molar-refractivity contribution >= 4 is 5.95 Å². The number of nitrogens with one attached hydrogen (secondary N) is 1. The third kappa shape index (κ3) is 4.70. The average Bonchev–Trinajstić information content (AvgIpc) is 2.50. The van der Waals surface area contributed by atoms with Crippen LogP contribution < -0.4 is 10.1 Å². The van der Waals surface area contributed by atoms with Crippen LogP contribution in [-0.2, 0) is 12.4 Å². The van der Waals surface area contributed by atoms with Gasteiger partial charge < -0.3 is 10.1 Å². The number of hydrogen-bond donors (Lipinski definition) is 1. The van der Waals surface area contributed by atoms with E-state index < -0.39 is 29.5 Å². The quantitative estimate of drug-likeness (QED) is 0.660. The van der Waals surface area contributed by atoms with E-state index >= 15 is 0 Å². The molecule has 130 valence electrons. The summed E-state index contributed by atoms with van der Waals surface area (Å²) < 4.78 is 80.5. The largest absolute Gasteiger partial charge is 0.475 e. The van der Waals surface area contributed by atoms with Crippen molar-refractivity contribution in [2.24, 2.45) is 0 Å². The van der Waals surface area contributed by atoms with E-state index in [-0.39, 0.29) is 19.1 Å². The van der Waals surface area contributed by atoms with E-state index in [0.29, 0.717) is 6.07 Å². The minimum Gasteiger partial charge on any atom is -0.475 e. The molecule has 2 aromatic rings. The Morgan fingerprint density at radius 3 is 2.38 bits per heavy atom. The van der Waals surface area contributed by atoms with Gasteiger partial charge >= 0.3 is 12.4 Å². The summed E-state index contributed by atoms with van der Waals surface area (Å²) in [5.74, 6) is -0.928. The van der Waals surface area contributed by atoms with Gasteiger partial charge in [-0.1, -0.05) is 0 Å². The van der Waals surface area contributed by atoms with Gasteiger partial charge in [0.15, 0.2) is 0 Å². The number of anilines is 1. The molecule has 2 rings (SSSR count). The number of nitrogens with zero attached hydrogens (tertiary/aromatic N) is 3. The molecule has 11 heteroatoms. The molecule has 0 aliphatic heterocycles. The monoisotopic (exact) mass is 352 g/mol. The van der Waals surface area contributed by atoms with Crippen LogP contribution in [0.1, 0.15) is 11.3 Å². The Kier molecular flexibility index (Phi) is 5.10. The van der Waals surface area contributed by atoms with Gasteiger partial charge in [-0.2, -0.15) is 26.3 Å². The summed E-state index contributed by atoms with van der Waals surface area (Å²) in [5.41, 5.74) is -2.18. The molecule has 5 nitrogen and oxygen atoms in total. The highest BCUT2D eigenvalue weighted by atomic mass is 19.4. The fourth-order valence-corrected chi connectivity index (χ4v) is 1.63. The molecule has 24 heavy (non-hydrogen) atoms. The molecule has 0 radical (unpaired) electrons. The number of alkyl halides is 6. The molecule has 2 aromatic heterocycles. The summed E-state index contributed by atoms with van der Waals surface area (Å²) in [6.45, 7) is -0.394. The van der Waals surface area contributed by atoms with Crippen LogP contribution >= 0.6 is 0 Å². The summed E-state index contributed by atoms with van der Waals surface area (Å²) in [6.07, 6.45) is -7.19. The van der Waals surface area contributed by atoms with Crippen molar-refractivity contribution in [2.75, 3.05) is 18.5 Å². The van der Waals surface area contributed by atoms with E-state index in [2.05, 4.69) is 20.3 Å². The lowest BCUT2D eigenvalue weighted by atomic mass is 10.2. The van der Waals surface area contributed by atoms with E-state index in [0.717, 1.165) is 24.5 Å². The number of pyridine rings is 1. The smallest absolute Gasteiger partial charge is 0.433 e. The maximum Gasteiger partial charge on any atom is 0.433 e. The zero-order valence-electron chi connectivity index (χ0n) is 11.8. The van der Waals surface area contributed by atoms with E-state index in [9.17, 15) is 26.3 Å². The standard InChI is InChI=1S/C13H10F6N4O/c14-12(15,16)8-2-1-4-20-10(8)24-7-6-22-11-21-5-3-9(23-11)13(17,18)19/h1-5H,6-7H2,(H,21,22,23). The molecular weight excluding hydrogens is 342 g/mol. The summed E-state index contributed by atoms with van der Waals surface area (Å²) >= 11 is 0. The summed E-state index contributed by atoms with van der Waals surface area (Å²) in [5, 5.41) is 2.43. The summed E-state index contributed by atoms with van der Waals surface area (Å²) in [6, 6.07) is 2.63. The molecule has 0 saturated heterocycles. The first-order chi connectivity index (χ1) is 11.2. The van der Waals surface area contributed by atoms with Gasteiger partial charge in [0.25, 0.3) is 0 Å². The highest BCUT2D eigenvalue weighted by Gasteiger charge is 2.35. The van der Waals surface area contributed by atoms with Crippen LogP contribution in [0.5, 0.6) is 5.88 Å². The van der Waals surface area contributed by atoms with Gasteiger partial charge in [-0.25, -0.2) is 15.0 Å². The van der Waals surface area contributed by atoms with Gasteiger partial charge in [0.2, 0.25) is 11.8 Å². The van der Waals surface area contributed by atoms with Gasteiger partial charge in [-0.3, -0.25) is 0 Å². The summed E-state index contributed by atoms with van der Waals surface area (Å²) in [7, 11) is 0. The van der Waals surface area contributed by atoms with E-state index in [1.165, 1.54) is 0 Å². The summed E-state index contributed by atoms with van der Waals surface area (Å²) in [4.78, 5) is 10.3. The fourth-order valence-electron chi connectivity index (χ4n) is 1.63. The molecule has 0 bridgehead atoms. The second-order valence-electron chi connectivity index (χ2n) is 4.39. The molecule has 0 unspecified atom stereocenters. The first-order valence-corrected chi connectivity index (χ1v) is 6.47. The van der Waals surface area contributed by atoms with E-state index in [1.807, 2.05) is 0 Å². The molecule has 0 spiro atoms. The van der Waals surface area contributed by atoms with Gasteiger partial charge in [-0.05, 0) is 18.2 Å². The maximum atomic E-state index is 12.7. The molecule has 1 N–H and O–H groups in total. The Balaban J connectivity index is 1.93. The molecule has 0 amide bonds. The van der Waals surface area contributed by atoms with Crippen molar-refractivity contribution in [2.45, 2.75) is 12.4 Å². The van der Waals surface area contributed by atoms with Crippen molar-refractivity contribution in [1.82, 2.24) is 15.0 Å². The van der Waals surface area contributed by atoms with Crippen LogP contribution in [0.2, 0.25) is 0 Å². The van der Waals surface area contributed by atoms with Gasteiger partial charge in [-0.15, -0.1) is 0 Å². The Bertz CT molecular complexity index is 689. The van der Waals surface area contributed by atoms with Crippen molar-refractivity contribution in [3.63, 3.8) is 0 Å². The number of hydrogen-bond acceptors (Lipinski definition) is 5. The third-order valence-electron chi connectivity index (χ3n) is 2.65. The topological polar surface area (TPSA) is 59.9 Å². The van der Waals surface area contributed by atoms with Crippen molar-refractivity contribution < 1.29 is 31.1 Å². The molecule has 0 fully saturated rings. The number of ether oxygens (including phenoxy) is 1. The molecule has 2 heterocycles. The zero-order chi connectivity index (χ0) is 17.8. The molecule has 0 aromatic carbocycles. The maximum absolute atomic E-state index is 12.7. The minimum atomic E-state index is -4.62. The minimum absolute atomic E-state index is 0.116. The molecule has 0 aliphatic rings. The Labute approximate surface area is 131 Å². The van der Waals surface area contributed by atoms with Crippen LogP contribution in [0.4, 0.5) is 32.3 Å². The van der Waals surface area contributed by atoms with Crippen molar-refractivity contribution in [1.29, 1.82) is 0 Å². The molecule has 0 atom stereocenters. The predicted molar refractivity (Wildman–Crippen MR) is 70.3 cm³/mol. The van der Waals surface area contributed by atoms with E-state index in [1.54, 1.807) is 0 Å². The van der Waals surface area contributed by atoms with Crippen LogP contribution in [0.15, 0.2) is 30.6 Å². The normalized spacial score (nSPS) is 12.1. The van der Waals surface area contributed by atoms with Gasteiger partial charge in [0.1, 0.15) is 17.9 Å².